The number of rotatable bonds is 16. The average Bonchev–Trinajstić information content (AvgIpc) is 3.01. The van der Waals surface area contributed by atoms with Gasteiger partial charge in [-0.2, -0.15) is 0 Å². The topological polar surface area (TPSA) is 15.7 Å². The number of benzene rings is 4. The summed E-state index contributed by atoms with van der Waals surface area (Å²) in [4.78, 5) is 4.99. The van der Waals surface area contributed by atoms with Gasteiger partial charge in [0.2, 0.25) is 0 Å². The van der Waals surface area contributed by atoms with Crippen molar-refractivity contribution in [3.05, 3.63) is 130 Å². The normalized spacial score (nSPS) is 11.4. The highest BCUT2D eigenvalue weighted by Crippen LogP contribution is 2.34. The summed E-state index contributed by atoms with van der Waals surface area (Å²) in [5, 5.41) is 0. The Kier molecular flexibility index (Phi) is 12.0. The van der Waals surface area contributed by atoms with Crippen LogP contribution in [0.2, 0.25) is 0 Å². The van der Waals surface area contributed by atoms with E-state index in [9.17, 15) is 0 Å². The first-order valence-electron chi connectivity index (χ1n) is 15.6. The molecule has 0 N–H and O–H groups in total. The Morgan fingerprint density at radius 3 is 1.22 bits per heavy atom. The van der Waals surface area contributed by atoms with E-state index in [-0.39, 0.29) is 0 Å². The van der Waals surface area contributed by atoms with Gasteiger partial charge in [-0.05, 0) is 73.4 Å². The molecule has 0 fully saturated rings. The summed E-state index contributed by atoms with van der Waals surface area (Å²) >= 11 is 0. The number of nitrogens with zero attached hydrogens (tertiary/aromatic N) is 2. The zero-order chi connectivity index (χ0) is 28.9. The zero-order valence-corrected chi connectivity index (χ0v) is 25.6. The molecule has 0 aliphatic rings. The second-order valence-corrected chi connectivity index (χ2v) is 10.8. The maximum absolute atomic E-state index is 6.96. The summed E-state index contributed by atoms with van der Waals surface area (Å²) in [6.07, 6.45) is 3.75. The molecule has 0 unspecified atom stereocenters. The Hall–Kier alpha value is -3.40. The highest BCUT2D eigenvalue weighted by Gasteiger charge is 2.17. The molecule has 4 aromatic rings. The van der Waals surface area contributed by atoms with Crippen LogP contribution in [-0.2, 0) is 25.7 Å². The fraction of sp³-hybridized carbons (Fsp3) is 0.368. The van der Waals surface area contributed by atoms with Crippen LogP contribution in [0.5, 0.6) is 11.5 Å². The van der Waals surface area contributed by atoms with Gasteiger partial charge < -0.3 is 14.5 Å². The van der Waals surface area contributed by atoms with Gasteiger partial charge in [-0.3, -0.25) is 0 Å². The van der Waals surface area contributed by atoms with Crippen LogP contribution in [0.3, 0.4) is 0 Å². The minimum Gasteiger partial charge on any atom is -0.457 e. The van der Waals surface area contributed by atoms with Crippen LogP contribution in [0.1, 0.15) is 61.1 Å². The molecule has 216 valence electrons. The Morgan fingerprint density at radius 1 is 0.463 bits per heavy atom. The van der Waals surface area contributed by atoms with Crippen LogP contribution in [0, 0.1) is 0 Å². The minimum absolute atomic E-state index is 0.861. The van der Waals surface area contributed by atoms with Crippen molar-refractivity contribution < 1.29 is 4.74 Å². The zero-order valence-electron chi connectivity index (χ0n) is 25.6. The van der Waals surface area contributed by atoms with Crippen LogP contribution in [-0.4, -0.2) is 49.1 Å². The quantitative estimate of drug-likeness (QED) is 0.140. The number of hydrogen-bond donors (Lipinski definition) is 0. The lowest BCUT2D eigenvalue weighted by atomic mass is 9.95. The summed E-state index contributed by atoms with van der Waals surface area (Å²) in [7, 11) is 0. The van der Waals surface area contributed by atoms with E-state index in [1.807, 2.05) is 0 Å². The van der Waals surface area contributed by atoms with Gasteiger partial charge in [-0.15, -0.1) is 0 Å². The number of hydrogen-bond acceptors (Lipinski definition) is 3. The molecule has 0 atom stereocenters. The molecule has 4 aromatic carbocycles. The largest absolute Gasteiger partial charge is 0.457 e. The van der Waals surface area contributed by atoms with Gasteiger partial charge in [0.25, 0.3) is 0 Å². The molecular formula is C38H48N2O. The fourth-order valence-corrected chi connectivity index (χ4v) is 5.64. The SMILES string of the molecule is CCN(CC)CCc1cccc(Oc2cccc(CCN(CC)CC)c2Cc2ccccc2)c1Cc1ccccc1. The van der Waals surface area contributed by atoms with Crippen molar-refractivity contribution in [3.8, 4) is 11.5 Å². The summed E-state index contributed by atoms with van der Waals surface area (Å²) in [5.41, 5.74) is 7.96. The van der Waals surface area contributed by atoms with Crippen molar-refractivity contribution in [3.63, 3.8) is 0 Å². The van der Waals surface area contributed by atoms with E-state index in [0.29, 0.717) is 0 Å². The summed E-state index contributed by atoms with van der Waals surface area (Å²) in [6, 6.07) is 34.8. The molecule has 0 aliphatic heterocycles. The van der Waals surface area contributed by atoms with Crippen LogP contribution in [0.15, 0.2) is 97.1 Å². The molecule has 0 radical (unpaired) electrons. The second kappa shape index (κ2) is 16.1. The summed E-state index contributed by atoms with van der Waals surface area (Å²) in [6.45, 7) is 15.4. The lowest BCUT2D eigenvalue weighted by Crippen LogP contribution is -2.25. The van der Waals surface area contributed by atoms with Gasteiger partial charge in [-0.1, -0.05) is 113 Å². The molecular weight excluding hydrogens is 500 g/mol. The van der Waals surface area contributed by atoms with Crippen LogP contribution in [0.25, 0.3) is 0 Å². The van der Waals surface area contributed by atoms with Gasteiger partial charge in [-0.25, -0.2) is 0 Å². The third-order valence-corrected chi connectivity index (χ3v) is 8.31. The monoisotopic (exact) mass is 548 g/mol. The first-order chi connectivity index (χ1) is 20.1. The minimum atomic E-state index is 0.861. The summed E-state index contributed by atoms with van der Waals surface area (Å²) in [5.74, 6) is 1.95. The Labute approximate surface area is 248 Å². The van der Waals surface area contributed by atoms with Crippen molar-refractivity contribution in [1.29, 1.82) is 0 Å². The number of ether oxygens (including phenoxy) is 1. The van der Waals surface area contributed by atoms with E-state index in [1.165, 1.54) is 33.4 Å². The van der Waals surface area contributed by atoms with Gasteiger partial charge >= 0.3 is 0 Å². The van der Waals surface area contributed by atoms with Gasteiger partial charge in [0.15, 0.2) is 0 Å². The van der Waals surface area contributed by atoms with Crippen molar-refractivity contribution in [1.82, 2.24) is 9.80 Å². The molecule has 0 heterocycles. The Balaban J connectivity index is 1.72. The molecule has 0 spiro atoms. The predicted molar refractivity (Wildman–Crippen MR) is 174 cm³/mol. The highest BCUT2D eigenvalue weighted by molar-refractivity contribution is 5.50. The van der Waals surface area contributed by atoms with Crippen molar-refractivity contribution >= 4 is 0 Å². The van der Waals surface area contributed by atoms with Crippen LogP contribution >= 0.6 is 0 Å². The van der Waals surface area contributed by atoms with Crippen molar-refractivity contribution in [2.75, 3.05) is 39.3 Å². The lowest BCUT2D eigenvalue weighted by Gasteiger charge is -2.22. The average molecular weight is 549 g/mol. The standard InChI is InChI=1S/C38H48N2O/c1-5-39(6-2)27-25-33-21-15-23-37(35(33)29-31-17-11-9-12-18-31)41-38-24-16-22-34(26-28-40(7-3)8-4)36(38)30-32-19-13-10-14-20-32/h9-24H,5-8,25-30H2,1-4H3. The third-order valence-electron chi connectivity index (χ3n) is 8.31. The van der Waals surface area contributed by atoms with Gasteiger partial charge in [0.05, 0.1) is 0 Å². The highest BCUT2D eigenvalue weighted by atomic mass is 16.5. The Morgan fingerprint density at radius 2 is 0.854 bits per heavy atom. The van der Waals surface area contributed by atoms with Gasteiger partial charge in [0, 0.05) is 37.1 Å². The van der Waals surface area contributed by atoms with Crippen LogP contribution < -0.4 is 4.74 Å². The maximum atomic E-state index is 6.96. The maximum Gasteiger partial charge on any atom is 0.131 e. The molecule has 0 bridgehead atoms. The lowest BCUT2D eigenvalue weighted by molar-refractivity contribution is 0.307. The predicted octanol–water partition coefficient (Wildman–Crippen LogP) is 8.43. The Bertz CT molecular complexity index is 1210. The molecule has 0 aliphatic carbocycles. The fourth-order valence-electron chi connectivity index (χ4n) is 5.64. The van der Waals surface area contributed by atoms with E-state index >= 15 is 0 Å². The smallest absolute Gasteiger partial charge is 0.131 e. The molecule has 0 saturated heterocycles. The molecule has 0 amide bonds. The molecule has 0 aromatic heterocycles. The van der Waals surface area contributed by atoms with E-state index in [0.717, 1.165) is 76.5 Å². The molecule has 4 rings (SSSR count). The first-order valence-corrected chi connectivity index (χ1v) is 15.6. The molecule has 3 heteroatoms. The van der Waals surface area contributed by atoms with Crippen molar-refractivity contribution in [2.45, 2.75) is 53.4 Å². The third kappa shape index (κ3) is 8.79. The van der Waals surface area contributed by atoms with E-state index in [1.54, 1.807) is 0 Å². The van der Waals surface area contributed by atoms with E-state index in [4.69, 9.17) is 4.74 Å². The van der Waals surface area contributed by atoms with Crippen molar-refractivity contribution in [2.24, 2.45) is 0 Å². The van der Waals surface area contributed by atoms with E-state index in [2.05, 4.69) is 135 Å². The first kappa shape index (κ1) is 30.6. The molecule has 0 saturated carbocycles. The second-order valence-electron chi connectivity index (χ2n) is 10.8. The number of likely N-dealkylation sites (N-methyl/N-ethyl adjacent to an activating group) is 2. The summed E-state index contributed by atoms with van der Waals surface area (Å²) < 4.78 is 6.96. The molecule has 41 heavy (non-hydrogen) atoms. The van der Waals surface area contributed by atoms with Gasteiger partial charge in [0.1, 0.15) is 11.5 Å². The van der Waals surface area contributed by atoms with E-state index < -0.39 is 0 Å². The van der Waals surface area contributed by atoms with Crippen LogP contribution in [0.4, 0.5) is 0 Å². The molecule has 3 nitrogen and oxygen atoms in total.